The van der Waals surface area contributed by atoms with E-state index >= 15 is 0 Å². The standard InChI is InChI=1S/C13H17ClN2O.ClH/c1-9-8-10(14)5-6-11(9)16-13(17)12-4-2-3-7-15-12;/h5-6,8,12,15H,2-4,7H2,1H3,(H,16,17);1H/t12-;/m1./s1. The summed E-state index contributed by atoms with van der Waals surface area (Å²) in [5.74, 6) is 0.0510. The van der Waals surface area contributed by atoms with E-state index in [0.29, 0.717) is 5.02 Å². The summed E-state index contributed by atoms with van der Waals surface area (Å²) in [4.78, 5) is 12.0. The van der Waals surface area contributed by atoms with Crippen LogP contribution in [0.15, 0.2) is 18.2 Å². The highest BCUT2D eigenvalue weighted by atomic mass is 35.5. The molecule has 1 saturated heterocycles. The monoisotopic (exact) mass is 288 g/mol. The molecule has 1 aliphatic rings. The second-order valence-corrected chi connectivity index (χ2v) is 4.89. The van der Waals surface area contributed by atoms with E-state index in [1.54, 1.807) is 6.07 Å². The SMILES string of the molecule is Cc1cc(Cl)ccc1NC(=O)[C@H]1CCCCN1.Cl. The lowest BCUT2D eigenvalue weighted by Gasteiger charge is -2.22. The smallest absolute Gasteiger partial charge is 0.241 e. The van der Waals surface area contributed by atoms with Crippen molar-refractivity contribution >= 4 is 35.6 Å². The van der Waals surface area contributed by atoms with Crippen LogP contribution in [0.1, 0.15) is 24.8 Å². The summed E-state index contributed by atoms with van der Waals surface area (Å²) >= 11 is 5.88. The first-order valence-electron chi connectivity index (χ1n) is 5.97. The van der Waals surface area contributed by atoms with Crippen molar-refractivity contribution in [3.63, 3.8) is 0 Å². The molecule has 2 rings (SSSR count). The minimum atomic E-state index is -0.0566. The van der Waals surface area contributed by atoms with Crippen molar-refractivity contribution in [3.05, 3.63) is 28.8 Å². The van der Waals surface area contributed by atoms with Gasteiger partial charge in [-0.25, -0.2) is 0 Å². The molecule has 0 aromatic heterocycles. The molecule has 0 radical (unpaired) electrons. The predicted octanol–water partition coefficient (Wildman–Crippen LogP) is 3.15. The van der Waals surface area contributed by atoms with E-state index in [4.69, 9.17) is 11.6 Å². The minimum Gasteiger partial charge on any atom is -0.324 e. The molecule has 2 N–H and O–H groups in total. The Labute approximate surface area is 119 Å². The summed E-state index contributed by atoms with van der Waals surface area (Å²) in [5, 5.41) is 6.87. The van der Waals surface area contributed by atoms with Gasteiger partial charge in [0.05, 0.1) is 6.04 Å². The number of carbonyl (C=O) groups excluding carboxylic acids is 1. The van der Waals surface area contributed by atoms with Crippen LogP contribution in [0.2, 0.25) is 5.02 Å². The highest BCUT2D eigenvalue weighted by molar-refractivity contribution is 6.30. The molecule has 0 bridgehead atoms. The quantitative estimate of drug-likeness (QED) is 0.878. The van der Waals surface area contributed by atoms with Gasteiger partial charge in [-0.2, -0.15) is 0 Å². The Morgan fingerprint density at radius 3 is 2.83 bits per heavy atom. The molecule has 0 aliphatic carbocycles. The Bertz CT molecular complexity index is 417. The third kappa shape index (κ3) is 3.87. The van der Waals surface area contributed by atoms with Gasteiger partial charge in [-0.05, 0) is 50.1 Å². The number of amides is 1. The molecule has 1 amide bonds. The van der Waals surface area contributed by atoms with E-state index in [-0.39, 0.29) is 24.4 Å². The van der Waals surface area contributed by atoms with Crippen LogP contribution in [0.4, 0.5) is 5.69 Å². The summed E-state index contributed by atoms with van der Waals surface area (Å²) in [5.41, 5.74) is 1.83. The number of carbonyl (C=O) groups is 1. The molecule has 1 atom stereocenters. The van der Waals surface area contributed by atoms with E-state index < -0.39 is 0 Å². The van der Waals surface area contributed by atoms with Crippen LogP contribution in [0.3, 0.4) is 0 Å². The van der Waals surface area contributed by atoms with E-state index in [1.807, 2.05) is 19.1 Å². The lowest BCUT2D eigenvalue weighted by Crippen LogP contribution is -2.43. The van der Waals surface area contributed by atoms with Crippen LogP contribution in [-0.4, -0.2) is 18.5 Å². The fraction of sp³-hybridized carbons (Fsp3) is 0.462. The molecule has 1 aromatic carbocycles. The number of halogens is 2. The van der Waals surface area contributed by atoms with Crippen LogP contribution < -0.4 is 10.6 Å². The summed E-state index contributed by atoms with van der Waals surface area (Å²) in [6, 6.07) is 5.43. The van der Waals surface area contributed by atoms with E-state index in [9.17, 15) is 4.79 Å². The zero-order valence-electron chi connectivity index (χ0n) is 10.3. The van der Waals surface area contributed by atoms with Crippen molar-refractivity contribution in [1.82, 2.24) is 5.32 Å². The maximum Gasteiger partial charge on any atom is 0.241 e. The molecule has 1 fully saturated rings. The van der Waals surface area contributed by atoms with Crippen LogP contribution in [0.5, 0.6) is 0 Å². The van der Waals surface area contributed by atoms with E-state index in [2.05, 4.69) is 10.6 Å². The van der Waals surface area contributed by atoms with Crippen LogP contribution >= 0.6 is 24.0 Å². The largest absolute Gasteiger partial charge is 0.324 e. The number of aryl methyl sites for hydroxylation is 1. The molecular formula is C13H18Cl2N2O. The fourth-order valence-electron chi connectivity index (χ4n) is 2.06. The Morgan fingerprint density at radius 2 is 2.22 bits per heavy atom. The van der Waals surface area contributed by atoms with Gasteiger partial charge in [0.25, 0.3) is 0 Å². The van der Waals surface area contributed by atoms with Crippen LogP contribution in [0.25, 0.3) is 0 Å². The number of hydrogen-bond acceptors (Lipinski definition) is 2. The molecule has 1 aromatic rings. The van der Waals surface area contributed by atoms with Gasteiger partial charge >= 0.3 is 0 Å². The molecule has 100 valence electrons. The Morgan fingerprint density at radius 1 is 1.44 bits per heavy atom. The highest BCUT2D eigenvalue weighted by Crippen LogP contribution is 2.20. The number of rotatable bonds is 2. The van der Waals surface area contributed by atoms with Crippen molar-refractivity contribution in [2.24, 2.45) is 0 Å². The zero-order valence-corrected chi connectivity index (χ0v) is 11.9. The Kier molecular flexibility index (Phi) is 5.93. The normalized spacial score (nSPS) is 18.9. The van der Waals surface area contributed by atoms with Crippen molar-refractivity contribution in [3.8, 4) is 0 Å². The number of nitrogens with one attached hydrogen (secondary N) is 2. The average Bonchev–Trinajstić information content (AvgIpc) is 2.34. The zero-order chi connectivity index (χ0) is 12.3. The van der Waals surface area contributed by atoms with Gasteiger partial charge in [-0.15, -0.1) is 12.4 Å². The van der Waals surface area contributed by atoms with Crippen LogP contribution in [-0.2, 0) is 4.79 Å². The fourth-order valence-corrected chi connectivity index (χ4v) is 2.29. The lowest BCUT2D eigenvalue weighted by atomic mass is 10.0. The van der Waals surface area contributed by atoms with Gasteiger partial charge < -0.3 is 10.6 Å². The second-order valence-electron chi connectivity index (χ2n) is 4.45. The van der Waals surface area contributed by atoms with Crippen LogP contribution in [0, 0.1) is 6.92 Å². The van der Waals surface area contributed by atoms with Gasteiger partial charge in [0.1, 0.15) is 0 Å². The third-order valence-electron chi connectivity index (χ3n) is 3.07. The summed E-state index contributed by atoms with van der Waals surface area (Å²) in [7, 11) is 0. The first-order chi connectivity index (χ1) is 8.16. The highest BCUT2D eigenvalue weighted by Gasteiger charge is 2.20. The summed E-state index contributed by atoms with van der Waals surface area (Å²) < 4.78 is 0. The molecule has 3 nitrogen and oxygen atoms in total. The third-order valence-corrected chi connectivity index (χ3v) is 3.31. The van der Waals surface area contributed by atoms with Crippen molar-refractivity contribution in [2.75, 3.05) is 11.9 Å². The Balaban J connectivity index is 0.00000162. The molecular weight excluding hydrogens is 271 g/mol. The topological polar surface area (TPSA) is 41.1 Å². The summed E-state index contributed by atoms with van der Waals surface area (Å²) in [6.07, 6.45) is 3.19. The maximum atomic E-state index is 12.0. The number of piperidine rings is 1. The maximum absolute atomic E-state index is 12.0. The van der Waals surface area contributed by atoms with Crippen molar-refractivity contribution in [1.29, 1.82) is 0 Å². The van der Waals surface area contributed by atoms with Crippen molar-refractivity contribution in [2.45, 2.75) is 32.2 Å². The van der Waals surface area contributed by atoms with Gasteiger partial charge in [-0.1, -0.05) is 18.0 Å². The minimum absolute atomic E-state index is 0. The van der Waals surface area contributed by atoms with Gasteiger partial charge in [0, 0.05) is 10.7 Å². The van der Waals surface area contributed by atoms with E-state index in [1.165, 1.54) is 0 Å². The number of hydrogen-bond donors (Lipinski definition) is 2. The molecule has 1 heterocycles. The second kappa shape index (κ2) is 6.98. The molecule has 1 aliphatic heterocycles. The predicted molar refractivity (Wildman–Crippen MR) is 77.7 cm³/mol. The lowest BCUT2D eigenvalue weighted by molar-refractivity contribution is -0.118. The first kappa shape index (κ1) is 15.3. The number of benzene rings is 1. The van der Waals surface area contributed by atoms with Gasteiger partial charge in [0.15, 0.2) is 0 Å². The molecule has 18 heavy (non-hydrogen) atoms. The average molecular weight is 289 g/mol. The number of anilines is 1. The van der Waals surface area contributed by atoms with E-state index in [0.717, 1.165) is 37.1 Å². The summed E-state index contributed by atoms with van der Waals surface area (Å²) in [6.45, 7) is 2.87. The Hall–Kier alpha value is -0.770. The first-order valence-corrected chi connectivity index (χ1v) is 6.35. The molecule has 0 saturated carbocycles. The molecule has 0 spiro atoms. The van der Waals surface area contributed by atoms with Gasteiger partial charge in [-0.3, -0.25) is 4.79 Å². The van der Waals surface area contributed by atoms with Gasteiger partial charge in [0.2, 0.25) is 5.91 Å². The molecule has 5 heteroatoms. The molecule has 0 unspecified atom stereocenters. The van der Waals surface area contributed by atoms with Crippen molar-refractivity contribution < 1.29 is 4.79 Å².